The van der Waals surface area contributed by atoms with Gasteiger partial charge in [-0.05, 0) is 57.9 Å². The minimum atomic E-state index is -0.352. The van der Waals surface area contributed by atoms with Gasteiger partial charge in [-0.3, -0.25) is 0 Å². The summed E-state index contributed by atoms with van der Waals surface area (Å²) in [6.45, 7) is 10.4. The molecule has 4 heteroatoms. The highest BCUT2D eigenvalue weighted by molar-refractivity contribution is 5.89. The average molecular weight is 318 g/mol. The van der Waals surface area contributed by atoms with E-state index in [0.29, 0.717) is 5.56 Å². The molecule has 0 spiro atoms. The lowest BCUT2D eigenvalue weighted by Crippen LogP contribution is -2.48. The van der Waals surface area contributed by atoms with Gasteiger partial charge >= 0.3 is 5.97 Å². The van der Waals surface area contributed by atoms with E-state index in [0.717, 1.165) is 17.5 Å². The van der Waals surface area contributed by atoms with E-state index in [9.17, 15) is 4.79 Å². The van der Waals surface area contributed by atoms with Crippen molar-refractivity contribution in [1.29, 1.82) is 0 Å². The highest BCUT2D eigenvalue weighted by Gasteiger charge is 2.56. The molecule has 3 rings (SSSR count). The standard InChI is InChI=1S/C19H26O4/c1-11-7-8-12(17(20)21-6)9-13(11)16-14-10-15(16)23-19(4,5)18(2,3)22-14/h7-9,14-16H,10H2,1-6H3. The topological polar surface area (TPSA) is 44.8 Å². The van der Waals surface area contributed by atoms with Crippen LogP contribution in [0.1, 0.15) is 61.5 Å². The van der Waals surface area contributed by atoms with Gasteiger partial charge < -0.3 is 14.2 Å². The number of hydrogen-bond acceptors (Lipinski definition) is 4. The number of methoxy groups -OCH3 is 1. The predicted octanol–water partition coefficient (Wildman–Crippen LogP) is 3.61. The second-order valence-electron chi connectivity index (χ2n) is 7.66. The summed E-state index contributed by atoms with van der Waals surface area (Å²) in [5.41, 5.74) is 2.16. The third-order valence-corrected chi connectivity index (χ3v) is 5.67. The summed E-state index contributed by atoms with van der Waals surface area (Å²) in [7, 11) is 1.41. The van der Waals surface area contributed by atoms with Gasteiger partial charge in [-0.2, -0.15) is 0 Å². The van der Waals surface area contributed by atoms with E-state index in [4.69, 9.17) is 14.2 Å². The molecule has 0 aromatic heterocycles. The summed E-state index contributed by atoms with van der Waals surface area (Å²) < 4.78 is 17.6. The smallest absolute Gasteiger partial charge is 0.337 e. The third-order valence-electron chi connectivity index (χ3n) is 5.67. The molecule has 0 amide bonds. The monoisotopic (exact) mass is 318 g/mol. The van der Waals surface area contributed by atoms with Crippen LogP contribution in [0.3, 0.4) is 0 Å². The van der Waals surface area contributed by atoms with Gasteiger partial charge in [-0.15, -0.1) is 0 Å². The van der Waals surface area contributed by atoms with Crippen molar-refractivity contribution in [2.45, 2.75) is 70.4 Å². The molecule has 1 aromatic rings. The zero-order valence-electron chi connectivity index (χ0n) is 14.8. The summed E-state index contributed by atoms with van der Waals surface area (Å²) in [5.74, 6) is -0.142. The third kappa shape index (κ3) is 2.58. The summed E-state index contributed by atoms with van der Waals surface area (Å²) in [6.07, 6.45) is 1.16. The number of carbonyl (C=O) groups is 1. The Morgan fingerprint density at radius 1 is 1.13 bits per heavy atom. The molecule has 0 N–H and O–H groups in total. The second-order valence-corrected chi connectivity index (χ2v) is 7.66. The maximum atomic E-state index is 11.8. The average Bonchev–Trinajstić information content (AvgIpc) is 2.60. The maximum Gasteiger partial charge on any atom is 0.337 e. The fraction of sp³-hybridized carbons (Fsp3) is 0.632. The Labute approximate surface area is 138 Å². The largest absolute Gasteiger partial charge is 0.465 e. The molecule has 2 aliphatic rings. The lowest BCUT2D eigenvalue weighted by Gasteiger charge is -2.43. The van der Waals surface area contributed by atoms with Crippen LogP contribution in [0.4, 0.5) is 0 Å². The van der Waals surface area contributed by atoms with Crippen LogP contribution in [-0.4, -0.2) is 36.5 Å². The van der Waals surface area contributed by atoms with Crippen LogP contribution in [-0.2, 0) is 14.2 Å². The summed E-state index contributed by atoms with van der Waals surface area (Å²) in [4.78, 5) is 11.8. The van der Waals surface area contributed by atoms with Gasteiger partial charge in [-0.1, -0.05) is 6.07 Å². The minimum Gasteiger partial charge on any atom is -0.465 e. The number of ether oxygens (including phenoxy) is 3. The Bertz CT molecular complexity index is 610. The van der Waals surface area contributed by atoms with E-state index < -0.39 is 0 Å². The predicted molar refractivity (Wildman–Crippen MR) is 87.8 cm³/mol. The van der Waals surface area contributed by atoms with E-state index in [2.05, 4.69) is 34.6 Å². The van der Waals surface area contributed by atoms with Crippen molar-refractivity contribution in [3.63, 3.8) is 0 Å². The van der Waals surface area contributed by atoms with Crippen molar-refractivity contribution < 1.29 is 19.0 Å². The van der Waals surface area contributed by atoms with Gasteiger partial charge in [0.05, 0.1) is 36.1 Å². The Hall–Kier alpha value is -1.39. The van der Waals surface area contributed by atoms with Crippen molar-refractivity contribution in [1.82, 2.24) is 0 Å². The van der Waals surface area contributed by atoms with Crippen LogP contribution >= 0.6 is 0 Å². The first-order chi connectivity index (χ1) is 10.7. The Balaban J connectivity index is 1.96. The van der Waals surface area contributed by atoms with Gasteiger partial charge in [0.15, 0.2) is 0 Å². The molecule has 2 unspecified atom stereocenters. The number of benzene rings is 1. The molecule has 0 radical (unpaired) electrons. The molecule has 1 aromatic carbocycles. The summed E-state index contributed by atoms with van der Waals surface area (Å²) in [6, 6.07) is 5.72. The summed E-state index contributed by atoms with van der Waals surface area (Å²) in [5, 5.41) is 0. The van der Waals surface area contributed by atoms with Crippen LogP contribution in [0.2, 0.25) is 0 Å². The minimum absolute atomic E-state index is 0.128. The number of esters is 1. The Kier molecular flexibility index (Phi) is 3.81. The van der Waals surface area contributed by atoms with E-state index in [1.165, 1.54) is 7.11 Å². The van der Waals surface area contributed by atoms with Crippen molar-refractivity contribution in [2.75, 3.05) is 7.11 Å². The lowest BCUT2D eigenvalue weighted by molar-refractivity contribution is -0.149. The zero-order chi connectivity index (χ0) is 17.0. The quantitative estimate of drug-likeness (QED) is 0.781. The number of rotatable bonds is 2. The number of carbonyl (C=O) groups excluding carboxylic acids is 1. The van der Waals surface area contributed by atoms with E-state index in [1.54, 1.807) is 0 Å². The van der Waals surface area contributed by atoms with Gasteiger partial charge in [0.25, 0.3) is 0 Å². The zero-order valence-corrected chi connectivity index (χ0v) is 14.8. The first-order valence-electron chi connectivity index (χ1n) is 8.21. The molecule has 1 saturated carbocycles. The molecule has 1 aliphatic heterocycles. The van der Waals surface area contributed by atoms with Gasteiger partial charge in [0, 0.05) is 12.3 Å². The lowest BCUT2D eigenvalue weighted by atomic mass is 9.72. The Morgan fingerprint density at radius 3 is 2.22 bits per heavy atom. The van der Waals surface area contributed by atoms with Gasteiger partial charge in [0.1, 0.15) is 0 Å². The molecule has 1 aliphatic carbocycles. The number of hydrogen-bond donors (Lipinski definition) is 0. The SMILES string of the molecule is COC(=O)c1ccc(C)c(C2C3CC2OC(C)(C)C(C)(C)O3)c1. The van der Waals surface area contributed by atoms with Crippen molar-refractivity contribution in [3.8, 4) is 0 Å². The van der Waals surface area contributed by atoms with Crippen LogP contribution in [0.5, 0.6) is 0 Å². The van der Waals surface area contributed by atoms with Gasteiger partial charge in [-0.25, -0.2) is 4.79 Å². The molecule has 1 heterocycles. The highest BCUT2D eigenvalue weighted by Crippen LogP contribution is 2.51. The molecule has 2 atom stereocenters. The molecular formula is C19H26O4. The first kappa shape index (κ1) is 16.5. The van der Waals surface area contributed by atoms with Crippen molar-refractivity contribution in [3.05, 3.63) is 34.9 Å². The second kappa shape index (κ2) is 5.32. The molecule has 2 fully saturated rings. The van der Waals surface area contributed by atoms with Crippen LogP contribution < -0.4 is 0 Å². The maximum absolute atomic E-state index is 11.8. The van der Waals surface area contributed by atoms with E-state index >= 15 is 0 Å². The van der Waals surface area contributed by atoms with Crippen LogP contribution in [0.25, 0.3) is 0 Å². The van der Waals surface area contributed by atoms with E-state index in [1.807, 2.05) is 18.2 Å². The molecule has 4 nitrogen and oxygen atoms in total. The Morgan fingerprint density at radius 2 is 1.70 bits per heavy atom. The first-order valence-corrected chi connectivity index (χ1v) is 8.21. The summed E-state index contributed by atoms with van der Waals surface area (Å²) >= 11 is 0. The fourth-order valence-corrected chi connectivity index (χ4v) is 3.49. The van der Waals surface area contributed by atoms with Crippen LogP contribution in [0, 0.1) is 6.92 Å². The molecular weight excluding hydrogens is 292 g/mol. The normalized spacial score (nSPS) is 31.0. The van der Waals surface area contributed by atoms with E-state index in [-0.39, 0.29) is 35.3 Å². The van der Waals surface area contributed by atoms with Gasteiger partial charge in [0.2, 0.25) is 0 Å². The van der Waals surface area contributed by atoms with Crippen LogP contribution in [0.15, 0.2) is 18.2 Å². The number of aryl methyl sites for hydroxylation is 1. The molecule has 2 bridgehead atoms. The molecule has 1 saturated heterocycles. The van der Waals surface area contributed by atoms with Crippen molar-refractivity contribution >= 4 is 5.97 Å². The fourth-order valence-electron chi connectivity index (χ4n) is 3.49. The molecule has 126 valence electrons. The highest BCUT2D eigenvalue weighted by atomic mass is 16.6. The molecule has 23 heavy (non-hydrogen) atoms. The van der Waals surface area contributed by atoms with Crippen molar-refractivity contribution in [2.24, 2.45) is 0 Å². The number of fused-ring (bicyclic) bond motifs is 2.